The van der Waals surface area contributed by atoms with Gasteiger partial charge in [-0.15, -0.1) is 0 Å². The van der Waals surface area contributed by atoms with Crippen LogP contribution in [0.3, 0.4) is 0 Å². The van der Waals surface area contributed by atoms with Crippen LogP contribution in [-0.4, -0.2) is 14.7 Å². The van der Waals surface area contributed by atoms with E-state index in [1.165, 1.54) is 12.1 Å². The summed E-state index contributed by atoms with van der Waals surface area (Å²) >= 11 is 0. The molecule has 5 heteroatoms. The van der Waals surface area contributed by atoms with E-state index in [9.17, 15) is 0 Å². The second-order valence-corrected chi connectivity index (χ2v) is 3.59. The van der Waals surface area contributed by atoms with E-state index in [1.807, 2.05) is 0 Å². The van der Waals surface area contributed by atoms with Crippen molar-refractivity contribution in [1.29, 1.82) is 0 Å². The molecule has 0 aliphatic heterocycles. The Morgan fingerprint density at radius 1 is 1.31 bits per heavy atom. The first-order valence-electron chi connectivity index (χ1n) is 3.50. The maximum atomic E-state index is 8.61. The van der Waals surface area contributed by atoms with Gasteiger partial charge < -0.3 is 0 Å². The highest BCUT2D eigenvalue weighted by Gasteiger charge is 2.34. The third kappa shape index (κ3) is 3.53. The van der Waals surface area contributed by atoms with Crippen molar-refractivity contribution < 1.29 is 19.2 Å². The van der Waals surface area contributed by atoms with Gasteiger partial charge in [-0.3, -0.25) is 4.52 Å². The zero-order valence-corrected chi connectivity index (χ0v) is 7.69. The molecule has 0 saturated heterocycles. The number of hydrogen-bond donors (Lipinski definition) is 3. The van der Waals surface area contributed by atoms with Crippen LogP contribution in [0.15, 0.2) is 30.8 Å². The van der Waals surface area contributed by atoms with Gasteiger partial charge in [0.2, 0.25) is 0 Å². The Kier molecular flexibility index (Phi) is 3.01. The van der Waals surface area contributed by atoms with Crippen molar-refractivity contribution >= 4 is 14.2 Å². The summed E-state index contributed by atoms with van der Waals surface area (Å²) in [6.45, 7) is 3.53. The third-order valence-electron chi connectivity index (χ3n) is 1.32. The molecule has 3 N–H and O–H groups in total. The zero-order valence-electron chi connectivity index (χ0n) is 6.79. The molecule has 4 nitrogen and oxygen atoms in total. The molecule has 0 spiro atoms. The highest BCUT2D eigenvalue weighted by atomic mass is 31.2. The van der Waals surface area contributed by atoms with Gasteiger partial charge in [0.1, 0.15) is 0 Å². The summed E-state index contributed by atoms with van der Waals surface area (Å²) in [6.07, 6.45) is 1.58. The molecule has 1 aromatic rings. The van der Waals surface area contributed by atoms with Gasteiger partial charge >= 0.3 is 8.17 Å². The van der Waals surface area contributed by atoms with Gasteiger partial charge in [-0.2, -0.15) is 14.7 Å². The first-order valence-corrected chi connectivity index (χ1v) is 5.07. The fraction of sp³-hybridized carbons (Fsp3) is 0. The lowest BCUT2D eigenvalue weighted by Crippen LogP contribution is -1.97. The maximum Gasteiger partial charge on any atom is 0.613 e. The second kappa shape index (κ2) is 3.85. The molecule has 70 valence electrons. The van der Waals surface area contributed by atoms with Crippen LogP contribution in [0, 0.1) is 0 Å². The molecule has 13 heavy (non-hydrogen) atoms. The Hall–Kier alpha value is -0.930. The van der Waals surface area contributed by atoms with Crippen LogP contribution in [0.5, 0.6) is 5.75 Å². The van der Waals surface area contributed by atoms with Gasteiger partial charge in [0.05, 0.1) is 0 Å². The molecule has 0 aromatic heterocycles. The predicted molar refractivity (Wildman–Crippen MR) is 50.7 cm³/mol. The van der Waals surface area contributed by atoms with E-state index >= 15 is 0 Å². The number of rotatable bonds is 3. The molecule has 0 atom stereocenters. The van der Waals surface area contributed by atoms with Crippen molar-refractivity contribution in [3.8, 4) is 5.75 Å². The Labute approximate surface area is 76.4 Å². The lowest BCUT2D eigenvalue weighted by Gasteiger charge is -2.03. The Bertz CT molecular complexity index is 305. The molecule has 0 fully saturated rings. The van der Waals surface area contributed by atoms with E-state index in [2.05, 4.69) is 11.1 Å². The first kappa shape index (κ1) is 10.2. The molecule has 0 radical (unpaired) electrons. The Morgan fingerprint density at radius 3 is 2.54 bits per heavy atom. The quantitative estimate of drug-likeness (QED) is 0.646. The van der Waals surface area contributed by atoms with E-state index in [4.69, 9.17) is 14.7 Å². The van der Waals surface area contributed by atoms with Gasteiger partial charge in [0.15, 0.2) is 5.75 Å². The third-order valence-corrected chi connectivity index (χ3v) is 1.78. The predicted octanol–water partition coefficient (Wildman–Crippen LogP) is 1.36. The monoisotopic (exact) mass is 201 g/mol. The molecule has 0 saturated carbocycles. The van der Waals surface area contributed by atoms with Gasteiger partial charge in [-0.1, -0.05) is 24.8 Å². The molecular weight excluding hydrogens is 191 g/mol. The lowest BCUT2D eigenvalue weighted by molar-refractivity contribution is 0.238. The molecule has 1 rings (SSSR count). The van der Waals surface area contributed by atoms with Gasteiger partial charge in [-0.05, 0) is 17.7 Å². The van der Waals surface area contributed by atoms with Crippen LogP contribution in [0.4, 0.5) is 0 Å². The van der Waals surface area contributed by atoms with Crippen molar-refractivity contribution in [2.45, 2.75) is 0 Å². The Morgan fingerprint density at radius 2 is 2.00 bits per heavy atom. The van der Waals surface area contributed by atoms with Crippen LogP contribution in [0.1, 0.15) is 5.56 Å². The van der Waals surface area contributed by atoms with Crippen LogP contribution in [0.2, 0.25) is 0 Å². The van der Waals surface area contributed by atoms with E-state index in [-0.39, 0.29) is 5.75 Å². The molecule has 0 aliphatic carbocycles. The minimum atomic E-state index is -4.20. The molecule has 0 amide bonds. The molecule has 0 bridgehead atoms. The largest absolute Gasteiger partial charge is 0.613 e. The summed E-state index contributed by atoms with van der Waals surface area (Å²) in [4.78, 5) is 25.8. The summed E-state index contributed by atoms with van der Waals surface area (Å²) in [5.74, 6) is 0.193. The van der Waals surface area contributed by atoms with Gasteiger partial charge in [0, 0.05) is 0 Å². The topological polar surface area (TPSA) is 69.9 Å². The van der Waals surface area contributed by atoms with E-state index < -0.39 is 8.17 Å². The molecule has 0 unspecified atom stereocenters. The van der Waals surface area contributed by atoms with Crippen LogP contribution >= 0.6 is 8.17 Å². The van der Waals surface area contributed by atoms with Gasteiger partial charge in [0.25, 0.3) is 0 Å². The first-order chi connectivity index (χ1) is 6.01. The maximum absolute atomic E-state index is 8.61. The second-order valence-electron chi connectivity index (χ2n) is 2.38. The molecule has 0 aliphatic rings. The lowest BCUT2D eigenvalue weighted by atomic mass is 10.2. The summed E-state index contributed by atoms with van der Waals surface area (Å²) in [5, 5.41) is 0. The highest BCUT2D eigenvalue weighted by Crippen LogP contribution is 2.46. The standard InChI is InChI=1S/C8H10O4P/c1-2-7-4-3-5-8(6-7)12-13(9,10)11/h2-6,9-11H,1H2/q+1. The highest BCUT2D eigenvalue weighted by molar-refractivity contribution is 7.53. The molecular formula is C8H10O4P+. The zero-order chi connectivity index (χ0) is 9.90. The van der Waals surface area contributed by atoms with Gasteiger partial charge in [-0.25, -0.2) is 0 Å². The van der Waals surface area contributed by atoms with Crippen molar-refractivity contribution in [2.24, 2.45) is 0 Å². The number of benzene rings is 1. The molecule has 0 heterocycles. The fourth-order valence-electron chi connectivity index (χ4n) is 0.840. The van der Waals surface area contributed by atoms with E-state index in [1.54, 1.807) is 18.2 Å². The minimum absolute atomic E-state index is 0.193. The summed E-state index contributed by atoms with van der Waals surface area (Å²) in [7, 11) is -4.20. The summed E-state index contributed by atoms with van der Waals surface area (Å²) in [5.41, 5.74) is 0.769. The summed E-state index contributed by atoms with van der Waals surface area (Å²) < 4.78 is 4.47. The van der Waals surface area contributed by atoms with Crippen molar-refractivity contribution in [3.05, 3.63) is 36.4 Å². The smallest absolute Gasteiger partial charge is 0.261 e. The normalized spacial score (nSPS) is 11.0. The number of hydrogen-bond acceptors (Lipinski definition) is 4. The average molecular weight is 201 g/mol. The van der Waals surface area contributed by atoms with Crippen molar-refractivity contribution in [3.63, 3.8) is 0 Å². The fourth-order valence-corrected chi connectivity index (χ4v) is 1.24. The SMILES string of the molecule is C=Cc1cccc(O[P+](O)(O)O)c1. The van der Waals surface area contributed by atoms with E-state index in [0.717, 1.165) is 5.56 Å². The van der Waals surface area contributed by atoms with E-state index in [0.29, 0.717) is 0 Å². The van der Waals surface area contributed by atoms with Crippen molar-refractivity contribution in [1.82, 2.24) is 0 Å². The minimum Gasteiger partial charge on any atom is -0.261 e. The Balaban J connectivity index is 2.84. The van der Waals surface area contributed by atoms with Crippen LogP contribution in [0.25, 0.3) is 6.08 Å². The average Bonchev–Trinajstić information content (AvgIpc) is 2.01. The van der Waals surface area contributed by atoms with Crippen LogP contribution < -0.4 is 4.52 Å². The molecule has 1 aromatic carbocycles. The summed E-state index contributed by atoms with van der Waals surface area (Å²) in [6, 6.07) is 6.46. The van der Waals surface area contributed by atoms with Crippen molar-refractivity contribution in [2.75, 3.05) is 0 Å². The van der Waals surface area contributed by atoms with Crippen LogP contribution in [-0.2, 0) is 0 Å².